The molecule has 1 aromatic carbocycles. The number of benzene rings is 1. The van der Waals surface area contributed by atoms with E-state index in [4.69, 9.17) is 28.3 Å². The van der Waals surface area contributed by atoms with Gasteiger partial charge in [-0.2, -0.15) is 0 Å². The van der Waals surface area contributed by atoms with Crippen molar-refractivity contribution in [2.24, 2.45) is 5.14 Å². The first-order valence-electron chi connectivity index (χ1n) is 5.64. The second-order valence-corrected chi connectivity index (χ2v) is 9.85. The van der Waals surface area contributed by atoms with Crippen LogP contribution >= 0.6 is 34.5 Å². The second kappa shape index (κ2) is 6.34. The Kier molecular flexibility index (Phi) is 5.05. The molecule has 22 heavy (non-hydrogen) atoms. The van der Waals surface area contributed by atoms with Crippen molar-refractivity contribution in [1.82, 2.24) is 0 Å². The number of anilines is 1. The monoisotopic (exact) mass is 400 g/mol. The van der Waals surface area contributed by atoms with Crippen LogP contribution in [0.1, 0.15) is 5.56 Å². The van der Waals surface area contributed by atoms with Gasteiger partial charge in [0.25, 0.3) is 10.0 Å². The molecule has 2 aromatic rings. The van der Waals surface area contributed by atoms with Crippen LogP contribution in [0.25, 0.3) is 0 Å². The van der Waals surface area contributed by atoms with Gasteiger partial charge in [0.15, 0.2) is 0 Å². The molecule has 0 aliphatic rings. The quantitative estimate of drug-likeness (QED) is 0.803. The Hall–Kier alpha value is -0.840. The van der Waals surface area contributed by atoms with Gasteiger partial charge in [-0.05, 0) is 23.8 Å². The fraction of sp³-hybridized carbons (Fsp3) is 0.0909. The van der Waals surface area contributed by atoms with Gasteiger partial charge in [-0.15, -0.1) is 11.3 Å². The maximum absolute atomic E-state index is 12.2. The highest BCUT2D eigenvalue weighted by Gasteiger charge is 2.21. The van der Waals surface area contributed by atoms with Gasteiger partial charge in [-0.1, -0.05) is 35.3 Å². The lowest BCUT2D eigenvalue weighted by atomic mass is 10.2. The topological polar surface area (TPSA) is 106 Å². The van der Waals surface area contributed by atoms with Crippen LogP contribution in [0.3, 0.4) is 0 Å². The zero-order chi connectivity index (χ0) is 16.5. The molecular formula is C11H10Cl2N2O4S3. The Labute approximate surface area is 142 Å². The van der Waals surface area contributed by atoms with Crippen LogP contribution in [0, 0.1) is 0 Å². The zero-order valence-electron chi connectivity index (χ0n) is 10.8. The molecule has 0 bridgehead atoms. The Morgan fingerprint density at radius 1 is 1.09 bits per heavy atom. The fourth-order valence-corrected chi connectivity index (χ4v) is 5.49. The van der Waals surface area contributed by atoms with Crippen molar-refractivity contribution in [3.05, 3.63) is 44.6 Å². The Balaban J connectivity index is 2.22. The van der Waals surface area contributed by atoms with E-state index in [9.17, 15) is 16.8 Å². The molecule has 0 spiro atoms. The van der Waals surface area contributed by atoms with Crippen molar-refractivity contribution < 1.29 is 16.8 Å². The largest absolute Gasteiger partial charge is 0.280 e. The predicted molar refractivity (Wildman–Crippen MR) is 88.4 cm³/mol. The third-order valence-corrected chi connectivity index (χ3v) is 6.36. The number of rotatable bonds is 5. The van der Waals surface area contributed by atoms with E-state index in [0.29, 0.717) is 5.56 Å². The van der Waals surface area contributed by atoms with Crippen LogP contribution < -0.4 is 9.86 Å². The average Bonchev–Trinajstić information content (AvgIpc) is 2.70. The predicted octanol–water partition coefficient (Wildman–Crippen LogP) is 2.64. The number of sulfonamides is 2. The van der Waals surface area contributed by atoms with Crippen LogP contribution in [-0.4, -0.2) is 16.8 Å². The van der Waals surface area contributed by atoms with Crippen molar-refractivity contribution >= 4 is 60.3 Å². The highest BCUT2D eigenvalue weighted by atomic mass is 35.5. The zero-order valence-corrected chi connectivity index (χ0v) is 14.7. The fourth-order valence-electron chi connectivity index (χ4n) is 1.62. The number of hydrogen-bond donors (Lipinski definition) is 2. The minimum absolute atomic E-state index is 0.0587. The molecule has 0 unspecified atom stereocenters. The lowest BCUT2D eigenvalue weighted by molar-refractivity contribution is 0.596. The third kappa shape index (κ3) is 4.58. The number of nitrogens with two attached hydrogens (primary N) is 1. The molecule has 2 rings (SSSR count). The molecule has 120 valence electrons. The summed E-state index contributed by atoms with van der Waals surface area (Å²) in [6, 6.07) is 7.04. The number of halogens is 2. The van der Waals surface area contributed by atoms with Crippen molar-refractivity contribution in [3.8, 4) is 0 Å². The summed E-state index contributed by atoms with van der Waals surface area (Å²) in [6.45, 7) is 0. The first-order valence-corrected chi connectivity index (χ1v) is 10.4. The Morgan fingerprint density at radius 3 is 2.14 bits per heavy atom. The van der Waals surface area contributed by atoms with Crippen molar-refractivity contribution in [2.45, 2.75) is 10.6 Å². The second-order valence-electron chi connectivity index (χ2n) is 4.30. The van der Waals surface area contributed by atoms with E-state index in [1.54, 1.807) is 0 Å². The third-order valence-electron chi connectivity index (χ3n) is 2.49. The summed E-state index contributed by atoms with van der Waals surface area (Å²) in [5.41, 5.74) is 0.707. The SMILES string of the molecule is NS(=O)(=O)Cc1ccc(NS(=O)(=O)c2cc(Cl)sc2Cl)cc1. The van der Waals surface area contributed by atoms with Gasteiger partial charge in [0, 0.05) is 5.69 Å². The van der Waals surface area contributed by atoms with Gasteiger partial charge in [0.1, 0.15) is 9.23 Å². The number of thiophene rings is 1. The normalized spacial score (nSPS) is 12.3. The van der Waals surface area contributed by atoms with Gasteiger partial charge in [-0.25, -0.2) is 22.0 Å². The van der Waals surface area contributed by atoms with E-state index in [1.807, 2.05) is 0 Å². The minimum Gasteiger partial charge on any atom is -0.280 e. The van der Waals surface area contributed by atoms with Gasteiger partial charge in [0.05, 0.1) is 10.1 Å². The summed E-state index contributed by atoms with van der Waals surface area (Å²) in [6.07, 6.45) is 0. The van der Waals surface area contributed by atoms with Crippen molar-refractivity contribution in [2.75, 3.05) is 4.72 Å². The number of nitrogens with one attached hydrogen (secondary N) is 1. The Bertz CT molecular complexity index is 890. The maximum atomic E-state index is 12.2. The summed E-state index contributed by atoms with van der Waals surface area (Å²) in [4.78, 5) is -0.113. The molecule has 1 aromatic heterocycles. The minimum atomic E-state index is -3.87. The van der Waals surface area contributed by atoms with E-state index in [1.165, 1.54) is 30.3 Å². The van der Waals surface area contributed by atoms with E-state index >= 15 is 0 Å². The molecule has 0 aliphatic carbocycles. The van der Waals surface area contributed by atoms with Crippen LogP contribution in [0.4, 0.5) is 5.69 Å². The lowest BCUT2D eigenvalue weighted by Gasteiger charge is -2.08. The molecule has 0 radical (unpaired) electrons. The molecule has 0 aliphatic heterocycles. The summed E-state index contributed by atoms with van der Waals surface area (Å²) in [7, 11) is -7.51. The van der Waals surface area contributed by atoms with Crippen molar-refractivity contribution in [3.63, 3.8) is 0 Å². The Morgan fingerprint density at radius 2 is 1.68 bits per heavy atom. The number of primary sulfonamides is 1. The lowest BCUT2D eigenvalue weighted by Crippen LogP contribution is -2.15. The van der Waals surface area contributed by atoms with E-state index < -0.39 is 20.0 Å². The molecule has 0 amide bonds. The summed E-state index contributed by atoms with van der Waals surface area (Å²) >= 11 is 12.5. The molecule has 1 heterocycles. The molecule has 3 N–H and O–H groups in total. The molecule has 11 heteroatoms. The van der Waals surface area contributed by atoms with Crippen LogP contribution in [0.2, 0.25) is 8.67 Å². The van der Waals surface area contributed by atoms with Crippen LogP contribution in [-0.2, 0) is 25.8 Å². The van der Waals surface area contributed by atoms with E-state index in [0.717, 1.165) is 11.3 Å². The van der Waals surface area contributed by atoms with E-state index in [-0.39, 0.29) is 25.0 Å². The van der Waals surface area contributed by atoms with Crippen LogP contribution in [0.5, 0.6) is 0 Å². The summed E-state index contributed by atoms with van der Waals surface area (Å²) < 4.78 is 49.0. The van der Waals surface area contributed by atoms with Gasteiger partial charge >= 0.3 is 0 Å². The molecule has 0 fully saturated rings. The molecule has 0 saturated heterocycles. The van der Waals surface area contributed by atoms with Gasteiger partial charge in [0.2, 0.25) is 10.0 Å². The average molecular weight is 401 g/mol. The van der Waals surface area contributed by atoms with Gasteiger partial charge < -0.3 is 0 Å². The molecular weight excluding hydrogens is 391 g/mol. The standard InChI is InChI=1S/C11H10Cl2N2O4S3/c12-10-5-9(11(13)20-10)22(18,19)15-8-3-1-7(2-4-8)6-21(14,16)17/h1-5,15H,6H2,(H2,14,16,17). The van der Waals surface area contributed by atoms with Crippen LogP contribution in [0.15, 0.2) is 35.2 Å². The first-order chi connectivity index (χ1) is 10.1. The summed E-state index contributed by atoms with van der Waals surface area (Å²) in [5, 5.41) is 4.94. The van der Waals surface area contributed by atoms with E-state index in [2.05, 4.69) is 4.72 Å². The first kappa shape index (κ1) is 17.5. The summed E-state index contributed by atoms with van der Waals surface area (Å²) in [5.74, 6) is -0.327. The van der Waals surface area contributed by atoms with Gasteiger partial charge in [-0.3, -0.25) is 4.72 Å². The highest BCUT2D eigenvalue weighted by molar-refractivity contribution is 7.93. The molecule has 0 saturated carbocycles. The molecule has 6 nitrogen and oxygen atoms in total. The highest BCUT2D eigenvalue weighted by Crippen LogP contribution is 2.35. The number of hydrogen-bond acceptors (Lipinski definition) is 5. The smallest absolute Gasteiger partial charge is 0.264 e. The molecule has 0 atom stereocenters. The van der Waals surface area contributed by atoms with Crippen molar-refractivity contribution in [1.29, 1.82) is 0 Å². The maximum Gasteiger partial charge on any atom is 0.264 e.